The number of aliphatic carboxylic acids is 2. The van der Waals surface area contributed by atoms with Crippen LogP contribution in [0.2, 0.25) is 0 Å². The van der Waals surface area contributed by atoms with E-state index in [1.54, 1.807) is 0 Å². The van der Waals surface area contributed by atoms with E-state index in [0.29, 0.717) is 12.8 Å². The van der Waals surface area contributed by atoms with Crippen LogP contribution in [0.15, 0.2) is 17.5 Å². The third-order valence-corrected chi connectivity index (χ3v) is 3.59. The summed E-state index contributed by atoms with van der Waals surface area (Å²) in [6.45, 7) is 3.82. The fourth-order valence-corrected chi connectivity index (χ4v) is 2.55. The minimum Gasteiger partial charge on any atom is -0.480 e. The highest BCUT2D eigenvalue weighted by Gasteiger charge is 2.26. The summed E-state index contributed by atoms with van der Waals surface area (Å²) < 4.78 is 0. The number of carbonyl (C=O) groups is 2. The highest BCUT2D eigenvalue weighted by atomic mass is 32.1. The molecule has 0 fully saturated rings. The Balaban J connectivity index is 2.70. The summed E-state index contributed by atoms with van der Waals surface area (Å²) >= 11 is 1.47. The average molecular weight is 285 g/mol. The van der Waals surface area contributed by atoms with E-state index in [9.17, 15) is 14.7 Å². The van der Waals surface area contributed by atoms with Gasteiger partial charge < -0.3 is 10.2 Å². The summed E-state index contributed by atoms with van der Waals surface area (Å²) in [5, 5.41) is 22.9. The minimum absolute atomic E-state index is 0.185. The van der Waals surface area contributed by atoms with E-state index in [1.165, 1.54) is 11.3 Å². The lowest BCUT2D eigenvalue weighted by molar-refractivity contribution is -0.142. The van der Waals surface area contributed by atoms with Crippen molar-refractivity contribution in [3.05, 3.63) is 22.4 Å². The molecule has 0 saturated heterocycles. The van der Waals surface area contributed by atoms with Crippen molar-refractivity contribution in [3.8, 4) is 0 Å². The van der Waals surface area contributed by atoms with Gasteiger partial charge in [0.1, 0.15) is 12.1 Å². The third kappa shape index (κ3) is 5.40. The van der Waals surface area contributed by atoms with E-state index >= 15 is 0 Å². The van der Waals surface area contributed by atoms with Crippen LogP contribution in [0.25, 0.3) is 0 Å². The summed E-state index contributed by atoms with van der Waals surface area (Å²) in [6, 6.07) is 1.99. The molecule has 1 aromatic heterocycles. The molecule has 0 aliphatic rings. The number of nitrogens with one attached hydrogen (secondary N) is 1. The standard InChI is InChI=1S/C13H19NO4S/c1-8(2)6-10(12(15)16)14-11(13(17)18)7-9-4-3-5-19-9/h3-5,8,10-11,14H,6-7H2,1-2H3,(H,15,16)(H,17,18)/t10?,11-/m1/s1. The Hall–Kier alpha value is -1.40. The lowest BCUT2D eigenvalue weighted by Crippen LogP contribution is -2.48. The molecule has 2 atom stereocenters. The zero-order chi connectivity index (χ0) is 14.4. The molecule has 1 aromatic rings. The maximum absolute atomic E-state index is 11.2. The summed E-state index contributed by atoms with van der Waals surface area (Å²) in [6.07, 6.45) is 0.707. The van der Waals surface area contributed by atoms with Crippen molar-refractivity contribution in [2.75, 3.05) is 0 Å². The Morgan fingerprint density at radius 2 is 1.89 bits per heavy atom. The maximum Gasteiger partial charge on any atom is 0.321 e. The van der Waals surface area contributed by atoms with Crippen molar-refractivity contribution in [2.45, 2.75) is 38.8 Å². The van der Waals surface area contributed by atoms with Crippen molar-refractivity contribution in [3.63, 3.8) is 0 Å². The first-order chi connectivity index (χ1) is 8.90. The maximum atomic E-state index is 11.2. The van der Waals surface area contributed by atoms with E-state index < -0.39 is 24.0 Å². The second-order valence-electron chi connectivity index (χ2n) is 4.86. The molecule has 0 aliphatic carbocycles. The second kappa shape index (κ2) is 7.25. The number of hydrogen-bond acceptors (Lipinski definition) is 4. The van der Waals surface area contributed by atoms with Crippen molar-refractivity contribution < 1.29 is 19.8 Å². The normalized spacial score (nSPS) is 14.3. The lowest BCUT2D eigenvalue weighted by Gasteiger charge is -2.21. The Labute approximate surface area is 116 Å². The Morgan fingerprint density at radius 3 is 2.32 bits per heavy atom. The van der Waals surface area contributed by atoms with E-state index in [4.69, 9.17) is 5.11 Å². The molecule has 1 rings (SSSR count). The van der Waals surface area contributed by atoms with Crippen LogP contribution in [-0.4, -0.2) is 34.2 Å². The average Bonchev–Trinajstić information content (AvgIpc) is 2.78. The summed E-state index contributed by atoms with van der Waals surface area (Å²) in [4.78, 5) is 23.3. The first-order valence-electron chi connectivity index (χ1n) is 6.14. The van der Waals surface area contributed by atoms with Gasteiger partial charge in [0, 0.05) is 11.3 Å². The number of carboxylic acid groups (broad SMARTS) is 2. The molecule has 1 heterocycles. The van der Waals surface area contributed by atoms with Gasteiger partial charge in [-0.15, -0.1) is 11.3 Å². The van der Waals surface area contributed by atoms with Gasteiger partial charge in [-0.2, -0.15) is 0 Å². The van der Waals surface area contributed by atoms with Gasteiger partial charge >= 0.3 is 11.9 Å². The molecule has 0 spiro atoms. The summed E-state index contributed by atoms with van der Waals surface area (Å²) in [7, 11) is 0. The molecular weight excluding hydrogens is 266 g/mol. The Bertz CT molecular complexity index is 416. The van der Waals surface area contributed by atoms with Gasteiger partial charge in [0.25, 0.3) is 0 Å². The molecule has 0 amide bonds. The first kappa shape index (κ1) is 15.7. The number of rotatable bonds is 8. The Kier molecular flexibility index (Phi) is 5.98. The van der Waals surface area contributed by atoms with Gasteiger partial charge in [-0.25, -0.2) is 0 Å². The van der Waals surface area contributed by atoms with Crippen LogP contribution < -0.4 is 5.32 Å². The zero-order valence-electron chi connectivity index (χ0n) is 11.0. The zero-order valence-corrected chi connectivity index (χ0v) is 11.8. The molecule has 3 N–H and O–H groups in total. The van der Waals surface area contributed by atoms with Crippen molar-refractivity contribution >= 4 is 23.3 Å². The number of thiophene rings is 1. The van der Waals surface area contributed by atoms with Gasteiger partial charge in [-0.3, -0.25) is 14.9 Å². The van der Waals surface area contributed by atoms with Crippen molar-refractivity contribution in [1.29, 1.82) is 0 Å². The fourth-order valence-electron chi connectivity index (χ4n) is 1.80. The fraction of sp³-hybridized carbons (Fsp3) is 0.538. The molecule has 1 unspecified atom stereocenters. The first-order valence-corrected chi connectivity index (χ1v) is 7.02. The molecule has 0 bridgehead atoms. The van der Waals surface area contributed by atoms with E-state index in [0.717, 1.165) is 4.88 Å². The molecule has 0 aromatic carbocycles. The molecule has 0 radical (unpaired) electrons. The van der Waals surface area contributed by atoms with E-state index in [-0.39, 0.29) is 5.92 Å². The van der Waals surface area contributed by atoms with Gasteiger partial charge in [-0.1, -0.05) is 19.9 Å². The third-order valence-electron chi connectivity index (χ3n) is 2.69. The highest BCUT2D eigenvalue weighted by Crippen LogP contribution is 2.13. The predicted molar refractivity (Wildman–Crippen MR) is 73.5 cm³/mol. The van der Waals surface area contributed by atoms with Crippen LogP contribution in [0.4, 0.5) is 0 Å². The van der Waals surface area contributed by atoms with Crippen LogP contribution in [0, 0.1) is 5.92 Å². The predicted octanol–water partition coefficient (Wildman–Crippen LogP) is 1.83. The number of carboxylic acids is 2. The molecule has 0 saturated carbocycles. The van der Waals surface area contributed by atoms with Crippen LogP contribution in [0.5, 0.6) is 0 Å². The molecule has 106 valence electrons. The topological polar surface area (TPSA) is 86.6 Å². The molecule has 5 nitrogen and oxygen atoms in total. The largest absolute Gasteiger partial charge is 0.480 e. The van der Waals surface area contributed by atoms with Crippen molar-refractivity contribution in [2.24, 2.45) is 5.92 Å². The van der Waals surface area contributed by atoms with Gasteiger partial charge in [-0.05, 0) is 23.8 Å². The summed E-state index contributed by atoms with van der Waals surface area (Å²) in [5.41, 5.74) is 0. The second-order valence-corrected chi connectivity index (χ2v) is 5.89. The SMILES string of the molecule is CC(C)CC(N[C@H](Cc1cccs1)C(=O)O)C(=O)O. The molecule has 6 heteroatoms. The van der Waals surface area contributed by atoms with Gasteiger partial charge in [0.15, 0.2) is 0 Å². The van der Waals surface area contributed by atoms with Crippen LogP contribution in [-0.2, 0) is 16.0 Å². The van der Waals surface area contributed by atoms with Crippen molar-refractivity contribution in [1.82, 2.24) is 5.32 Å². The Morgan fingerprint density at radius 1 is 1.26 bits per heavy atom. The summed E-state index contributed by atoms with van der Waals surface area (Å²) in [5.74, 6) is -1.85. The van der Waals surface area contributed by atoms with Crippen LogP contribution in [0.3, 0.4) is 0 Å². The molecule has 19 heavy (non-hydrogen) atoms. The number of hydrogen-bond donors (Lipinski definition) is 3. The van der Waals surface area contributed by atoms with Gasteiger partial charge in [0.05, 0.1) is 0 Å². The quantitative estimate of drug-likeness (QED) is 0.678. The van der Waals surface area contributed by atoms with Gasteiger partial charge in [0.2, 0.25) is 0 Å². The molecular formula is C13H19NO4S. The molecule has 0 aliphatic heterocycles. The smallest absolute Gasteiger partial charge is 0.321 e. The van der Waals surface area contributed by atoms with E-state index in [1.807, 2.05) is 31.4 Å². The van der Waals surface area contributed by atoms with Crippen LogP contribution >= 0.6 is 11.3 Å². The minimum atomic E-state index is -1.02. The van der Waals surface area contributed by atoms with Crippen LogP contribution in [0.1, 0.15) is 25.1 Å². The highest BCUT2D eigenvalue weighted by molar-refractivity contribution is 7.09. The monoisotopic (exact) mass is 285 g/mol. The lowest BCUT2D eigenvalue weighted by atomic mass is 10.0. The van der Waals surface area contributed by atoms with E-state index in [2.05, 4.69) is 5.32 Å².